The maximum absolute atomic E-state index is 4.55. The molecule has 0 aliphatic heterocycles. The van der Waals surface area contributed by atoms with Crippen LogP contribution in [0, 0.1) is 5.92 Å². The lowest BCUT2D eigenvalue weighted by atomic mass is 9.92. The van der Waals surface area contributed by atoms with Crippen LogP contribution in [0.4, 0.5) is 0 Å². The van der Waals surface area contributed by atoms with Crippen LogP contribution in [0.15, 0.2) is 55.0 Å². The number of nitrogens with one attached hydrogen (secondary N) is 2. The second kappa shape index (κ2) is 8.05. The number of aromatic amines is 1. The van der Waals surface area contributed by atoms with Gasteiger partial charge in [-0.15, -0.1) is 0 Å². The standard InChI is InChI=1S/C23H28N4/c1-16(22-15-26-23(27-22)19-10-12-25-13-11-19)18-8-6-17(7-9-18)14-20-4-3-5-21(20)24-2/h6-13,15-16,20-21,24H,3-5,14H2,1-2H3,(H,26,27). The Morgan fingerprint density at radius 3 is 2.63 bits per heavy atom. The second-order valence-electron chi connectivity index (χ2n) is 7.68. The highest BCUT2D eigenvalue weighted by Gasteiger charge is 2.25. The zero-order chi connectivity index (χ0) is 18.6. The van der Waals surface area contributed by atoms with Gasteiger partial charge in [-0.05, 0) is 55.5 Å². The van der Waals surface area contributed by atoms with Gasteiger partial charge in [0.25, 0.3) is 0 Å². The van der Waals surface area contributed by atoms with Crippen molar-refractivity contribution < 1.29 is 0 Å². The van der Waals surface area contributed by atoms with E-state index in [0.717, 1.165) is 23.0 Å². The molecule has 2 heterocycles. The van der Waals surface area contributed by atoms with Crippen LogP contribution in [-0.4, -0.2) is 28.0 Å². The Hall–Kier alpha value is -2.46. The van der Waals surface area contributed by atoms with E-state index in [1.54, 1.807) is 12.4 Å². The summed E-state index contributed by atoms with van der Waals surface area (Å²) in [5, 5.41) is 3.49. The van der Waals surface area contributed by atoms with Crippen LogP contribution in [0.2, 0.25) is 0 Å². The van der Waals surface area contributed by atoms with Gasteiger partial charge in [-0.1, -0.05) is 37.6 Å². The molecule has 1 aliphatic carbocycles. The predicted octanol–water partition coefficient (Wildman–Crippen LogP) is 4.55. The third-order valence-electron chi connectivity index (χ3n) is 6.02. The number of hydrogen-bond donors (Lipinski definition) is 2. The number of imidazole rings is 1. The Labute approximate surface area is 161 Å². The molecule has 1 aromatic carbocycles. The lowest BCUT2D eigenvalue weighted by Crippen LogP contribution is -2.30. The van der Waals surface area contributed by atoms with Crippen molar-refractivity contribution in [2.45, 2.75) is 44.6 Å². The van der Waals surface area contributed by atoms with Gasteiger partial charge < -0.3 is 10.3 Å². The molecule has 0 bridgehead atoms. The first kappa shape index (κ1) is 17.9. The number of hydrogen-bond acceptors (Lipinski definition) is 3. The number of pyridine rings is 1. The highest BCUT2D eigenvalue weighted by Crippen LogP contribution is 2.30. The summed E-state index contributed by atoms with van der Waals surface area (Å²) in [5.74, 6) is 1.96. The molecule has 4 nitrogen and oxygen atoms in total. The number of nitrogens with zero attached hydrogens (tertiary/aromatic N) is 2. The summed E-state index contributed by atoms with van der Waals surface area (Å²) in [6.45, 7) is 2.23. The van der Waals surface area contributed by atoms with Crippen molar-refractivity contribution in [1.29, 1.82) is 0 Å². The molecule has 0 amide bonds. The summed E-state index contributed by atoms with van der Waals surface area (Å²) in [7, 11) is 2.10. The van der Waals surface area contributed by atoms with Gasteiger partial charge in [0.1, 0.15) is 5.82 Å². The molecule has 1 fully saturated rings. The van der Waals surface area contributed by atoms with E-state index in [0.29, 0.717) is 12.0 Å². The molecule has 1 aliphatic rings. The third-order valence-corrected chi connectivity index (χ3v) is 6.02. The lowest BCUT2D eigenvalue weighted by Gasteiger charge is -2.19. The van der Waals surface area contributed by atoms with Crippen molar-refractivity contribution in [1.82, 2.24) is 20.3 Å². The average Bonchev–Trinajstić information content (AvgIpc) is 3.38. The quantitative estimate of drug-likeness (QED) is 0.678. The van der Waals surface area contributed by atoms with Crippen LogP contribution < -0.4 is 5.32 Å². The largest absolute Gasteiger partial charge is 0.341 e. The van der Waals surface area contributed by atoms with Gasteiger partial charge in [-0.3, -0.25) is 4.98 Å². The summed E-state index contributed by atoms with van der Waals surface area (Å²) in [6, 6.07) is 13.8. The molecule has 4 rings (SSSR count). The molecule has 0 saturated heterocycles. The molecule has 0 spiro atoms. The normalized spacial score (nSPS) is 20.7. The molecule has 3 aromatic rings. The van der Waals surface area contributed by atoms with Crippen LogP contribution in [0.3, 0.4) is 0 Å². The second-order valence-corrected chi connectivity index (χ2v) is 7.68. The van der Waals surface area contributed by atoms with E-state index >= 15 is 0 Å². The first-order valence-corrected chi connectivity index (χ1v) is 9.96. The molecular formula is C23H28N4. The fourth-order valence-electron chi connectivity index (χ4n) is 4.30. The monoisotopic (exact) mass is 360 g/mol. The Kier molecular flexibility index (Phi) is 5.35. The van der Waals surface area contributed by atoms with Crippen molar-refractivity contribution in [2.24, 2.45) is 5.92 Å². The first-order valence-electron chi connectivity index (χ1n) is 9.96. The Morgan fingerprint density at radius 1 is 1.11 bits per heavy atom. The summed E-state index contributed by atoms with van der Waals surface area (Å²) in [4.78, 5) is 12.1. The zero-order valence-corrected chi connectivity index (χ0v) is 16.2. The zero-order valence-electron chi connectivity index (χ0n) is 16.2. The SMILES string of the molecule is CNC1CCCC1Cc1ccc(C(C)c2cnc(-c3ccncc3)[nH]2)cc1. The molecule has 3 unspecified atom stereocenters. The highest BCUT2D eigenvalue weighted by molar-refractivity contribution is 5.54. The third kappa shape index (κ3) is 3.96. The molecule has 2 N–H and O–H groups in total. The number of rotatable bonds is 6. The molecule has 27 heavy (non-hydrogen) atoms. The fraction of sp³-hybridized carbons (Fsp3) is 0.391. The smallest absolute Gasteiger partial charge is 0.137 e. The summed E-state index contributed by atoms with van der Waals surface area (Å²) in [6.07, 6.45) is 10.7. The minimum absolute atomic E-state index is 0.290. The lowest BCUT2D eigenvalue weighted by molar-refractivity contribution is 0.423. The minimum Gasteiger partial charge on any atom is -0.341 e. The van der Waals surface area contributed by atoms with Gasteiger partial charge in [0, 0.05) is 41.8 Å². The summed E-state index contributed by atoms with van der Waals surface area (Å²) < 4.78 is 0. The molecule has 1 saturated carbocycles. The molecule has 0 radical (unpaired) electrons. The maximum atomic E-state index is 4.55. The van der Waals surface area contributed by atoms with Gasteiger partial charge in [0.2, 0.25) is 0 Å². The van der Waals surface area contributed by atoms with E-state index in [-0.39, 0.29) is 0 Å². The van der Waals surface area contributed by atoms with Gasteiger partial charge >= 0.3 is 0 Å². The van der Waals surface area contributed by atoms with Crippen LogP contribution in [0.5, 0.6) is 0 Å². The maximum Gasteiger partial charge on any atom is 0.137 e. The number of benzene rings is 1. The van der Waals surface area contributed by atoms with Crippen LogP contribution in [-0.2, 0) is 6.42 Å². The van der Waals surface area contributed by atoms with Crippen molar-refractivity contribution in [2.75, 3.05) is 7.05 Å². The highest BCUT2D eigenvalue weighted by atomic mass is 14.9. The Balaban J connectivity index is 1.45. The van der Waals surface area contributed by atoms with Crippen LogP contribution in [0.1, 0.15) is 48.9 Å². The van der Waals surface area contributed by atoms with Gasteiger partial charge in [0.15, 0.2) is 0 Å². The van der Waals surface area contributed by atoms with Crippen molar-refractivity contribution in [3.05, 3.63) is 71.8 Å². The summed E-state index contributed by atoms with van der Waals surface area (Å²) >= 11 is 0. The van der Waals surface area contributed by atoms with E-state index in [2.05, 4.69) is 58.5 Å². The van der Waals surface area contributed by atoms with E-state index < -0.39 is 0 Å². The van der Waals surface area contributed by atoms with Gasteiger partial charge in [0.05, 0.1) is 0 Å². The first-order chi connectivity index (χ1) is 13.2. The topological polar surface area (TPSA) is 53.6 Å². The van der Waals surface area contributed by atoms with Gasteiger partial charge in [-0.2, -0.15) is 0 Å². The van der Waals surface area contributed by atoms with Crippen LogP contribution in [0.25, 0.3) is 11.4 Å². The molecule has 4 heteroatoms. The Bertz CT molecular complexity index is 854. The van der Waals surface area contributed by atoms with E-state index in [9.17, 15) is 0 Å². The van der Waals surface area contributed by atoms with Gasteiger partial charge in [-0.25, -0.2) is 4.98 Å². The number of H-pyrrole nitrogens is 1. The van der Waals surface area contributed by atoms with E-state index in [1.165, 1.54) is 36.8 Å². The molecular weight excluding hydrogens is 332 g/mol. The van der Waals surface area contributed by atoms with Crippen molar-refractivity contribution in [3.8, 4) is 11.4 Å². The predicted molar refractivity (Wildman–Crippen MR) is 110 cm³/mol. The van der Waals surface area contributed by atoms with Crippen molar-refractivity contribution in [3.63, 3.8) is 0 Å². The average molecular weight is 361 g/mol. The molecule has 140 valence electrons. The summed E-state index contributed by atoms with van der Waals surface area (Å²) in [5.41, 5.74) is 4.97. The molecule has 3 atom stereocenters. The number of aromatic nitrogens is 3. The Morgan fingerprint density at radius 2 is 1.89 bits per heavy atom. The van der Waals surface area contributed by atoms with E-state index in [4.69, 9.17) is 0 Å². The minimum atomic E-state index is 0.290. The fourth-order valence-corrected chi connectivity index (χ4v) is 4.30. The van der Waals surface area contributed by atoms with Crippen LogP contribution >= 0.6 is 0 Å². The molecule has 2 aromatic heterocycles. The van der Waals surface area contributed by atoms with Crippen molar-refractivity contribution >= 4 is 0 Å². The van der Waals surface area contributed by atoms with E-state index in [1.807, 2.05) is 18.3 Å².